The first-order valence-corrected chi connectivity index (χ1v) is 8.04. The summed E-state index contributed by atoms with van der Waals surface area (Å²) in [7, 11) is 0. The molecule has 26 heavy (non-hydrogen) atoms. The van der Waals surface area contributed by atoms with Gasteiger partial charge < -0.3 is 19.7 Å². The minimum Gasteiger partial charge on any atom is -0.457 e. The number of fused-ring (bicyclic) bond motifs is 1. The van der Waals surface area contributed by atoms with Crippen LogP contribution >= 0.6 is 0 Å². The predicted molar refractivity (Wildman–Crippen MR) is 101 cm³/mol. The largest absolute Gasteiger partial charge is 0.457 e. The van der Waals surface area contributed by atoms with Crippen LogP contribution in [0.5, 0.6) is 0 Å². The Hall–Kier alpha value is -3.80. The van der Waals surface area contributed by atoms with Gasteiger partial charge in [-0.25, -0.2) is 4.79 Å². The summed E-state index contributed by atoms with van der Waals surface area (Å²) in [6.45, 7) is 0. The first-order chi connectivity index (χ1) is 12.7. The van der Waals surface area contributed by atoms with Crippen LogP contribution in [0.15, 0.2) is 76.0 Å². The van der Waals surface area contributed by atoms with Gasteiger partial charge in [-0.2, -0.15) is 0 Å². The number of imidazole rings is 1. The van der Waals surface area contributed by atoms with Gasteiger partial charge in [0.25, 0.3) is 0 Å². The molecule has 2 aromatic heterocycles. The van der Waals surface area contributed by atoms with Gasteiger partial charge in [0.2, 0.25) is 5.91 Å². The third kappa shape index (κ3) is 3.34. The molecule has 0 aliphatic heterocycles. The van der Waals surface area contributed by atoms with Crippen molar-refractivity contribution in [3.63, 3.8) is 0 Å². The summed E-state index contributed by atoms with van der Waals surface area (Å²) in [5.41, 5.74) is 2.61. The highest BCUT2D eigenvalue weighted by Crippen LogP contribution is 2.22. The standard InChI is InChI=1S/C20H15N3O3/c24-19(21-14-6-9-16-17(12-14)23-20(25)22-16)11-8-15-7-10-18(26-15)13-4-2-1-3-5-13/h1-12H,(H,21,24)(H2,22,23,25)/b11-8+. The number of hydrogen-bond acceptors (Lipinski definition) is 3. The monoisotopic (exact) mass is 345 g/mol. The molecule has 0 saturated carbocycles. The molecule has 4 rings (SSSR count). The van der Waals surface area contributed by atoms with Crippen molar-refractivity contribution in [1.29, 1.82) is 0 Å². The molecule has 0 saturated heterocycles. The Kier molecular flexibility index (Phi) is 3.99. The Bertz CT molecular complexity index is 1150. The number of rotatable bonds is 4. The summed E-state index contributed by atoms with van der Waals surface area (Å²) in [6.07, 6.45) is 3.01. The number of carbonyl (C=O) groups is 1. The van der Waals surface area contributed by atoms with E-state index in [1.165, 1.54) is 6.08 Å². The van der Waals surface area contributed by atoms with E-state index in [-0.39, 0.29) is 11.6 Å². The predicted octanol–water partition coefficient (Wildman–Crippen LogP) is 3.77. The maximum absolute atomic E-state index is 12.1. The zero-order valence-electron chi connectivity index (χ0n) is 13.7. The molecule has 128 valence electrons. The van der Waals surface area contributed by atoms with Gasteiger partial charge in [0.05, 0.1) is 11.0 Å². The van der Waals surface area contributed by atoms with Crippen LogP contribution in [0.2, 0.25) is 0 Å². The number of benzene rings is 2. The van der Waals surface area contributed by atoms with Crippen LogP contribution in [-0.2, 0) is 4.79 Å². The fourth-order valence-electron chi connectivity index (χ4n) is 2.65. The van der Waals surface area contributed by atoms with Crippen LogP contribution in [-0.4, -0.2) is 15.9 Å². The number of furan rings is 1. The minimum atomic E-state index is -0.292. The third-order valence-electron chi connectivity index (χ3n) is 3.87. The van der Waals surface area contributed by atoms with E-state index in [0.29, 0.717) is 22.5 Å². The zero-order chi connectivity index (χ0) is 17.9. The van der Waals surface area contributed by atoms with Crippen molar-refractivity contribution in [2.75, 3.05) is 5.32 Å². The van der Waals surface area contributed by atoms with Crippen LogP contribution in [0.1, 0.15) is 5.76 Å². The molecular weight excluding hydrogens is 330 g/mol. The average molecular weight is 345 g/mol. The quantitative estimate of drug-likeness (QED) is 0.492. The highest BCUT2D eigenvalue weighted by Gasteiger charge is 2.04. The Balaban J connectivity index is 1.45. The van der Waals surface area contributed by atoms with E-state index >= 15 is 0 Å². The van der Waals surface area contributed by atoms with Crippen LogP contribution in [0.25, 0.3) is 28.4 Å². The Morgan fingerprint density at radius 2 is 1.77 bits per heavy atom. The topological polar surface area (TPSA) is 90.9 Å². The Morgan fingerprint density at radius 1 is 0.962 bits per heavy atom. The molecule has 0 radical (unpaired) electrons. The smallest absolute Gasteiger partial charge is 0.323 e. The van der Waals surface area contributed by atoms with Gasteiger partial charge in [0.1, 0.15) is 11.5 Å². The van der Waals surface area contributed by atoms with Gasteiger partial charge in [0.15, 0.2) is 0 Å². The van der Waals surface area contributed by atoms with E-state index in [1.807, 2.05) is 42.5 Å². The maximum Gasteiger partial charge on any atom is 0.323 e. The Morgan fingerprint density at radius 3 is 2.62 bits per heavy atom. The normalized spacial score (nSPS) is 11.2. The highest BCUT2D eigenvalue weighted by atomic mass is 16.3. The zero-order valence-corrected chi connectivity index (χ0v) is 13.7. The van der Waals surface area contributed by atoms with Crippen molar-refractivity contribution in [3.05, 3.63) is 83.0 Å². The van der Waals surface area contributed by atoms with Crippen molar-refractivity contribution >= 4 is 28.7 Å². The molecular formula is C20H15N3O3. The van der Waals surface area contributed by atoms with E-state index in [0.717, 1.165) is 11.3 Å². The lowest BCUT2D eigenvalue weighted by atomic mass is 10.2. The van der Waals surface area contributed by atoms with E-state index in [9.17, 15) is 9.59 Å². The molecule has 0 spiro atoms. The number of H-pyrrole nitrogens is 2. The number of aromatic amines is 2. The molecule has 0 fully saturated rings. The number of carbonyl (C=O) groups excluding carboxylic acids is 1. The van der Waals surface area contributed by atoms with Gasteiger partial charge in [-0.1, -0.05) is 30.3 Å². The molecule has 0 unspecified atom stereocenters. The third-order valence-corrected chi connectivity index (χ3v) is 3.87. The van der Waals surface area contributed by atoms with Crippen LogP contribution in [0, 0.1) is 0 Å². The van der Waals surface area contributed by atoms with Crippen molar-refractivity contribution < 1.29 is 9.21 Å². The lowest BCUT2D eigenvalue weighted by Crippen LogP contribution is -2.07. The van der Waals surface area contributed by atoms with E-state index < -0.39 is 0 Å². The molecule has 6 heteroatoms. The summed E-state index contributed by atoms with van der Waals surface area (Å²) in [5, 5.41) is 2.75. The molecule has 0 atom stereocenters. The fraction of sp³-hybridized carbons (Fsp3) is 0. The number of anilines is 1. The van der Waals surface area contributed by atoms with Crippen molar-refractivity contribution in [2.45, 2.75) is 0 Å². The molecule has 0 aliphatic carbocycles. The SMILES string of the molecule is O=C(/C=C/c1ccc(-c2ccccc2)o1)Nc1ccc2[nH]c(=O)[nH]c2c1. The number of aromatic nitrogens is 2. The lowest BCUT2D eigenvalue weighted by molar-refractivity contribution is -0.111. The molecule has 4 aromatic rings. The summed E-state index contributed by atoms with van der Waals surface area (Å²) in [6, 6.07) is 18.6. The first kappa shape index (κ1) is 15.7. The molecule has 0 bridgehead atoms. The summed E-state index contributed by atoms with van der Waals surface area (Å²) in [4.78, 5) is 28.7. The Labute approximate surface area is 148 Å². The summed E-state index contributed by atoms with van der Waals surface area (Å²) in [5.74, 6) is 1.04. The van der Waals surface area contributed by atoms with Crippen molar-refractivity contribution in [3.8, 4) is 11.3 Å². The van der Waals surface area contributed by atoms with E-state index in [4.69, 9.17) is 4.42 Å². The van der Waals surface area contributed by atoms with Crippen LogP contribution in [0.3, 0.4) is 0 Å². The van der Waals surface area contributed by atoms with Crippen LogP contribution < -0.4 is 11.0 Å². The second-order valence-corrected chi connectivity index (χ2v) is 5.73. The molecule has 1 amide bonds. The summed E-state index contributed by atoms with van der Waals surface area (Å²) < 4.78 is 5.72. The highest BCUT2D eigenvalue weighted by molar-refractivity contribution is 6.02. The maximum atomic E-state index is 12.1. The number of nitrogens with one attached hydrogen (secondary N) is 3. The average Bonchev–Trinajstić information content (AvgIpc) is 3.26. The van der Waals surface area contributed by atoms with Gasteiger partial charge in [-0.3, -0.25) is 4.79 Å². The first-order valence-electron chi connectivity index (χ1n) is 8.04. The van der Waals surface area contributed by atoms with E-state index in [1.54, 1.807) is 24.3 Å². The summed E-state index contributed by atoms with van der Waals surface area (Å²) >= 11 is 0. The van der Waals surface area contributed by atoms with Gasteiger partial charge in [0, 0.05) is 17.3 Å². The second-order valence-electron chi connectivity index (χ2n) is 5.73. The molecule has 6 nitrogen and oxygen atoms in total. The molecule has 2 aromatic carbocycles. The number of amides is 1. The molecule has 0 aliphatic rings. The van der Waals surface area contributed by atoms with Crippen LogP contribution in [0.4, 0.5) is 5.69 Å². The molecule has 2 heterocycles. The number of hydrogen-bond donors (Lipinski definition) is 3. The van der Waals surface area contributed by atoms with Crippen molar-refractivity contribution in [2.24, 2.45) is 0 Å². The van der Waals surface area contributed by atoms with Crippen molar-refractivity contribution in [1.82, 2.24) is 9.97 Å². The van der Waals surface area contributed by atoms with E-state index in [2.05, 4.69) is 15.3 Å². The van der Waals surface area contributed by atoms with Gasteiger partial charge >= 0.3 is 5.69 Å². The van der Waals surface area contributed by atoms with Gasteiger partial charge in [-0.05, 0) is 36.4 Å². The van der Waals surface area contributed by atoms with Gasteiger partial charge in [-0.15, -0.1) is 0 Å². The fourth-order valence-corrected chi connectivity index (χ4v) is 2.65. The lowest BCUT2D eigenvalue weighted by Gasteiger charge is -2.01. The minimum absolute atomic E-state index is 0.282. The second kappa shape index (κ2) is 6.60. The molecule has 3 N–H and O–H groups in total.